The van der Waals surface area contributed by atoms with E-state index >= 15 is 0 Å². The van der Waals surface area contributed by atoms with Crippen LogP contribution in [-0.2, 0) is 4.74 Å². The fraction of sp³-hybridized carbons (Fsp3) is 0.533. The number of nitrogens with one attached hydrogen (secondary N) is 2. The first-order chi connectivity index (χ1) is 10.7. The van der Waals surface area contributed by atoms with Crippen molar-refractivity contribution in [2.45, 2.75) is 13.3 Å². The van der Waals surface area contributed by atoms with Gasteiger partial charge in [0.25, 0.3) is 0 Å². The van der Waals surface area contributed by atoms with E-state index in [2.05, 4.69) is 15.6 Å². The molecule has 0 saturated carbocycles. The van der Waals surface area contributed by atoms with E-state index in [9.17, 15) is 8.78 Å². The molecule has 0 heterocycles. The topological polar surface area (TPSA) is 54.9 Å². The molecule has 2 N–H and O–H groups in total. The molecule has 0 amide bonds. The SMILES string of the molecule is CCNC(=NCCCOC)NCCOc1ccc(F)cc1F. The number of ether oxygens (including phenoxy) is 2. The van der Waals surface area contributed by atoms with Crippen LogP contribution in [0.5, 0.6) is 5.75 Å². The Bertz CT molecular complexity index is 470. The molecule has 0 aromatic heterocycles. The lowest BCUT2D eigenvalue weighted by molar-refractivity contribution is 0.197. The van der Waals surface area contributed by atoms with Gasteiger partial charge in [-0.3, -0.25) is 4.99 Å². The number of aliphatic imine (C=N–C) groups is 1. The highest BCUT2D eigenvalue weighted by Crippen LogP contribution is 2.17. The normalized spacial score (nSPS) is 11.4. The Hall–Kier alpha value is -1.89. The standard InChI is InChI=1S/C15H23F2N3O2/c1-3-18-15(19-7-4-9-21-2)20-8-10-22-14-6-5-12(16)11-13(14)17/h5-6,11H,3-4,7-10H2,1-2H3,(H2,18,19,20). The molecule has 0 unspecified atom stereocenters. The van der Waals surface area contributed by atoms with E-state index in [0.717, 1.165) is 25.1 Å². The van der Waals surface area contributed by atoms with Gasteiger partial charge in [-0.1, -0.05) is 0 Å². The van der Waals surface area contributed by atoms with E-state index < -0.39 is 11.6 Å². The summed E-state index contributed by atoms with van der Waals surface area (Å²) in [5.74, 6) is -0.632. The van der Waals surface area contributed by atoms with Crippen molar-refractivity contribution in [2.24, 2.45) is 4.99 Å². The fourth-order valence-electron chi connectivity index (χ4n) is 1.66. The van der Waals surface area contributed by atoms with Crippen LogP contribution in [0, 0.1) is 11.6 Å². The van der Waals surface area contributed by atoms with E-state index in [-0.39, 0.29) is 12.4 Å². The average molecular weight is 315 g/mol. The Balaban J connectivity index is 2.32. The van der Waals surface area contributed by atoms with Crippen LogP contribution >= 0.6 is 0 Å². The Labute approximate surface area is 129 Å². The summed E-state index contributed by atoms with van der Waals surface area (Å²) in [4.78, 5) is 4.36. The quantitative estimate of drug-likeness (QED) is 0.415. The molecule has 124 valence electrons. The van der Waals surface area contributed by atoms with E-state index in [4.69, 9.17) is 9.47 Å². The predicted molar refractivity (Wildman–Crippen MR) is 82.3 cm³/mol. The number of nitrogens with zero attached hydrogens (tertiary/aromatic N) is 1. The summed E-state index contributed by atoms with van der Waals surface area (Å²) in [6, 6.07) is 3.23. The number of hydrogen-bond donors (Lipinski definition) is 2. The predicted octanol–water partition coefficient (Wildman–Crippen LogP) is 1.94. The number of guanidine groups is 1. The van der Waals surface area contributed by atoms with E-state index in [1.165, 1.54) is 6.07 Å². The third-order valence-corrected chi connectivity index (χ3v) is 2.67. The van der Waals surface area contributed by atoms with Gasteiger partial charge < -0.3 is 20.1 Å². The van der Waals surface area contributed by atoms with Gasteiger partial charge in [-0.15, -0.1) is 0 Å². The van der Waals surface area contributed by atoms with Crippen LogP contribution in [0.15, 0.2) is 23.2 Å². The van der Waals surface area contributed by atoms with Gasteiger partial charge in [0.2, 0.25) is 0 Å². The number of rotatable bonds is 9. The second kappa shape index (κ2) is 10.8. The highest BCUT2D eigenvalue weighted by Gasteiger charge is 2.04. The van der Waals surface area contributed by atoms with Gasteiger partial charge in [-0.25, -0.2) is 8.78 Å². The van der Waals surface area contributed by atoms with Crippen molar-refractivity contribution in [1.82, 2.24) is 10.6 Å². The molecule has 1 rings (SSSR count). The zero-order valence-corrected chi connectivity index (χ0v) is 13.0. The number of benzene rings is 1. The minimum Gasteiger partial charge on any atom is -0.489 e. The molecule has 0 radical (unpaired) electrons. The average Bonchev–Trinajstić information content (AvgIpc) is 2.49. The third-order valence-electron chi connectivity index (χ3n) is 2.67. The van der Waals surface area contributed by atoms with Crippen LogP contribution in [0.2, 0.25) is 0 Å². The first kappa shape index (κ1) is 18.2. The molecule has 7 heteroatoms. The molecule has 0 aliphatic rings. The molecule has 0 bridgehead atoms. The maximum absolute atomic E-state index is 13.4. The first-order valence-corrected chi connectivity index (χ1v) is 7.26. The number of halogens is 2. The van der Waals surface area contributed by atoms with Crippen molar-refractivity contribution in [3.05, 3.63) is 29.8 Å². The molecule has 0 saturated heterocycles. The second-order valence-corrected chi connectivity index (χ2v) is 4.46. The maximum atomic E-state index is 13.4. The smallest absolute Gasteiger partial charge is 0.191 e. The molecule has 0 atom stereocenters. The zero-order chi connectivity index (χ0) is 16.2. The van der Waals surface area contributed by atoms with Gasteiger partial charge in [0, 0.05) is 32.9 Å². The molecule has 0 aliphatic carbocycles. The fourth-order valence-corrected chi connectivity index (χ4v) is 1.66. The summed E-state index contributed by atoms with van der Waals surface area (Å²) in [6.45, 7) is 4.71. The van der Waals surface area contributed by atoms with Crippen molar-refractivity contribution in [3.8, 4) is 5.75 Å². The second-order valence-electron chi connectivity index (χ2n) is 4.46. The van der Waals surface area contributed by atoms with Crippen LogP contribution in [-0.4, -0.2) is 45.9 Å². The van der Waals surface area contributed by atoms with Crippen molar-refractivity contribution in [3.63, 3.8) is 0 Å². The number of methoxy groups -OCH3 is 1. The summed E-state index contributed by atoms with van der Waals surface area (Å²) in [5, 5.41) is 6.17. The number of hydrogen-bond acceptors (Lipinski definition) is 3. The van der Waals surface area contributed by atoms with Crippen molar-refractivity contribution < 1.29 is 18.3 Å². The summed E-state index contributed by atoms with van der Waals surface area (Å²) >= 11 is 0. The highest BCUT2D eigenvalue weighted by atomic mass is 19.1. The summed E-state index contributed by atoms with van der Waals surface area (Å²) in [6.07, 6.45) is 0.838. The van der Waals surface area contributed by atoms with Crippen LogP contribution < -0.4 is 15.4 Å². The molecule has 5 nitrogen and oxygen atoms in total. The lowest BCUT2D eigenvalue weighted by Gasteiger charge is -2.12. The Morgan fingerprint density at radius 1 is 1.23 bits per heavy atom. The minimum atomic E-state index is -0.708. The zero-order valence-electron chi connectivity index (χ0n) is 13.0. The molecule has 22 heavy (non-hydrogen) atoms. The molecule has 0 fully saturated rings. The maximum Gasteiger partial charge on any atom is 0.191 e. The summed E-state index contributed by atoms with van der Waals surface area (Å²) in [5.41, 5.74) is 0. The third kappa shape index (κ3) is 7.21. The Morgan fingerprint density at radius 2 is 2.05 bits per heavy atom. The lowest BCUT2D eigenvalue weighted by atomic mass is 10.3. The van der Waals surface area contributed by atoms with Crippen LogP contribution in [0.4, 0.5) is 8.78 Å². The molecule has 0 aliphatic heterocycles. The monoisotopic (exact) mass is 315 g/mol. The summed E-state index contributed by atoms with van der Waals surface area (Å²) < 4.78 is 36.3. The van der Waals surface area contributed by atoms with Gasteiger partial charge in [-0.05, 0) is 25.5 Å². The minimum absolute atomic E-state index is 0.0326. The van der Waals surface area contributed by atoms with Gasteiger partial charge in [0.1, 0.15) is 12.4 Å². The van der Waals surface area contributed by atoms with Crippen molar-refractivity contribution in [1.29, 1.82) is 0 Å². The van der Waals surface area contributed by atoms with E-state index in [1.807, 2.05) is 6.92 Å². The van der Waals surface area contributed by atoms with Gasteiger partial charge >= 0.3 is 0 Å². The first-order valence-electron chi connectivity index (χ1n) is 7.26. The van der Waals surface area contributed by atoms with E-state index in [0.29, 0.717) is 25.7 Å². The van der Waals surface area contributed by atoms with Crippen LogP contribution in [0.1, 0.15) is 13.3 Å². The van der Waals surface area contributed by atoms with Gasteiger partial charge in [-0.2, -0.15) is 0 Å². The van der Waals surface area contributed by atoms with Crippen molar-refractivity contribution >= 4 is 5.96 Å². The molecule has 1 aromatic rings. The molecule has 1 aromatic carbocycles. The molecule has 0 spiro atoms. The lowest BCUT2D eigenvalue weighted by Crippen LogP contribution is -2.39. The summed E-state index contributed by atoms with van der Waals surface area (Å²) in [7, 11) is 1.65. The molecular formula is C15H23F2N3O2. The largest absolute Gasteiger partial charge is 0.489 e. The van der Waals surface area contributed by atoms with Crippen LogP contribution in [0.25, 0.3) is 0 Å². The van der Waals surface area contributed by atoms with Crippen LogP contribution in [0.3, 0.4) is 0 Å². The van der Waals surface area contributed by atoms with Gasteiger partial charge in [0.15, 0.2) is 17.5 Å². The Morgan fingerprint density at radius 3 is 2.73 bits per heavy atom. The Kier molecular flexibility index (Phi) is 8.90. The van der Waals surface area contributed by atoms with Crippen molar-refractivity contribution in [2.75, 3.05) is 40.0 Å². The highest BCUT2D eigenvalue weighted by molar-refractivity contribution is 5.79. The molecular weight excluding hydrogens is 292 g/mol. The van der Waals surface area contributed by atoms with Gasteiger partial charge in [0.05, 0.1) is 6.54 Å². The van der Waals surface area contributed by atoms with E-state index in [1.54, 1.807) is 7.11 Å².